The first-order chi connectivity index (χ1) is 8.93. The third-order valence-corrected chi connectivity index (χ3v) is 2.42. The Morgan fingerprint density at radius 1 is 1.26 bits per heavy atom. The Morgan fingerprint density at radius 3 is 2.42 bits per heavy atom. The molecule has 2 rings (SSSR count). The van der Waals surface area contributed by atoms with Crippen molar-refractivity contribution in [3.8, 4) is 11.3 Å². The molecule has 0 aliphatic rings. The summed E-state index contributed by atoms with van der Waals surface area (Å²) in [4.78, 5) is 15.0. The van der Waals surface area contributed by atoms with Crippen molar-refractivity contribution in [2.75, 3.05) is 7.11 Å². The number of nitrogens with zero attached hydrogens (tertiary/aromatic N) is 1. The van der Waals surface area contributed by atoms with E-state index in [0.717, 1.165) is 18.5 Å². The van der Waals surface area contributed by atoms with Crippen LogP contribution in [0.15, 0.2) is 35.1 Å². The zero-order valence-electron chi connectivity index (χ0n) is 9.69. The standard InChI is InChI=1S/C12H8F3NO3/c1-18-11(17)9-10(19-6-16-9)7-2-4-8(5-3-7)12(13,14)15/h2-6H,1H3. The molecule has 0 N–H and O–H groups in total. The van der Waals surface area contributed by atoms with Crippen molar-refractivity contribution in [2.24, 2.45) is 0 Å². The summed E-state index contributed by atoms with van der Waals surface area (Å²) in [6.45, 7) is 0. The van der Waals surface area contributed by atoms with Gasteiger partial charge in [-0.2, -0.15) is 13.2 Å². The van der Waals surface area contributed by atoms with Crippen LogP contribution in [0.5, 0.6) is 0 Å². The number of benzene rings is 1. The molecular formula is C12H8F3NO3. The van der Waals surface area contributed by atoms with Crippen LogP contribution in [-0.4, -0.2) is 18.1 Å². The molecule has 1 heterocycles. The van der Waals surface area contributed by atoms with E-state index in [9.17, 15) is 18.0 Å². The van der Waals surface area contributed by atoms with Crippen molar-refractivity contribution in [3.63, 3.8) is 0 Å². The van der Waals surface area contributed by atoms with E-state index in [1.807, 2.05) is 0 Å². The van der Waals surface area contributed by atoms with E-state index in [2.05, 4.69) is 9.72 Å². The zero-order valence-corrected chi connectivity index (χ0v) is 9.69. The molecule has 0 saturated heterocycles. The van der Waals surface area contributed by atoms with Gasteiger partial charge in [0, 0.05) is 5.56 Å². The van der Waals surface area contributed by atoms with Gasteiger partial charge >= 0.3 is 12.1 Å². The van der Waals surface area contributed by atoms with E-state index >= 15 is 0 Å². The van der Waals surface area contributed by atoms with Crippen LogP contribution in [-0.2, 0) is 10.9 Å². The first kappa shape index (κ1) is 13.1. The summed E-state index contributed by atoms with van der Waals surface area (Å²) < 4.78 is 46.7. The van der Waals surface area contributed by atoms with Crippen molar-refractivity contribution < 1.29 is 27.1 Å². The third-order valence-electron chi connectivity index (χ3n) is 2.42. The largest absolute Gasteiger partial charge is 0.464 e. The molecule has 1 aromatic carbocycles. The number of hydrogen-bond donors (Lipinski definition) is 0. The number of carbonyl (C=O) groups excluding carboxylic acids is 1. The molecule has 0 aliphatic carbocycles. The van der Waals surface area contributed by atoms with Gasteiger partial charge in [0.2, 0.25) is 0 Å². The molecular weight excluding hydrogens is 263 g/mol. The summed E-state index contributed by atoms with van der Waals surface area (Å²) in [7, 11) is 1.17. The van der Waals surface area contributed by atoms with Gasteiger partial charge < -0.3 is 9.15 Å². The summed E-state index contributed by atoms with van der Waals surface area (Å²) in [5.74, 6) is -0.649. The highest BCUT2D eigenvalue weighted by molar-refractivity contribution is 5.93. The molecule has 0 bridgehead atoms. The minimum Gasteiger partial charge on any atom is -0.464 e. The lowest BCUT2D eigenvalue weighted by Crippen LogP contribution is -2.05. The monoisotopic (exact) mass is 271 g/mol. The predicted molar refractivity (Wildman–Crippen MR) is 58.3 cm³/mol. The minimum absolute atomic E-state index is 0.0700. The van der Waals surface area contributed by atoms with Crippen LogP contribution in [0.1, 0.15) is 16.1 Å². The fourth-order valence-electron chi connectivity index (χ4n) is 1.50. The highest BCUT2D eigenvalue weighted by Crippen LogP contribution is 2.31. The molecule has 0 saturated carbocycles. The molecule has 4 nitrogen and oxygen atoms in total. The first-order valence-corrected chi connectivity index (χ1v) is 5.13. The quantitative estimate of drug-likeness (QED) is 0.787. The maximum absolute atomic E-state index is 12.4. The number of esters is 1. The molecule has 0 fully saturated rings. The Kier molecular flexibility index (Phi) is 3.28. The summed E-state index contributed by atoms with van der Waals surface area (Å²) >= 11 is 0. The summed E-state index contributed by atoms with van der Waals surface area (Å²) in [5.41, 5.74) is -0.552. The fourth-order valence-corrected chi connectivity index (χ4v) is 1.50. The van der Waals surface area contributed by atoms with E-state index in [-0.39, 0.29) is 11.5 Å². The van der Waals surface area contributed by atoms with Crippen LogP contribution in [0, 0.1) is 0 Å². The van der Waals surface area contributed by atoms with Crippen molar-refractivity contribution in [3.05, 3.63) is 41.9 Å². The van der Waals surface area contributed by atoms with Crippen LogP contribution in [0.2, 0.25) is 0 Å². The van der Waals surface area contributed by atoms with Crippen molar-refractivity contribution in [1.82, 2.24) is 4.98 Å². The van der Waals surface area contributed by atoms with Gasteiger partial charge in [-0.1, -0.05) is 12.1 Å². The minimum atomic E-state index is -4.41. The van der Waals surface area contributed by atoms with Crippen molar-refractivity contribution >= 4 is 5.97 Å². The zero-order chi connectivity index (χ0) is 14.0. The number of hydrogen-bond acceptors (Lipinski definition) is 4. The van der Waals surface area contributed by atoms with Gasteiger partial charge in [0.05, 0.1) is 12.7 Å². The highest BCUT2D eigenvalue weighted by Gasteiger charge is 2.30. The number of rotatable bonds is 2. The Labute approximate surface area is 105 Å². The molecule has 0 amide bonds. The second kappa shape index (κ2) is 4.75. The molecule has 7 heteroatoms. The predicted octanol–water partition coefficient (Wildman–Crippen LogP) is 3.15. The van der Waals surface area contributed by atoms with Crippen LogP contribution < -0.4 is 0 Å². The van der Waals surface area contributed by atoms with Crippen LogP contribution in [0.3, 0.4) is 0 Å². The van der Waals surface area contributed by atoms with E-state index in [1.165, 1.54) is 19.2 Å². The van der Waals surface area contributed by atoms with Gasteiger partial charge in [-0.15, -0.1) is 0 Å². The van der Waals surface area contributed by atoms with Gasteiger partial charge in [0.15, 0.2) is 17.8 Å². The molecule has 2 aromatic rings. The topological polar surface area (TPSA) is 52.3 Å². The number of alkyl halides is 3. The van der Waals surface area contributed by atoms with E-state index in [0.29, 0.717) is 5.56 Å². The Morgan fingerprint density at radius 2 is 1.89 bits per heavy atom. The molecule has 1 aromatic heterocycles. The summed E-state index contributed by atoms with van der Waals surface area (Å²) in [6, 6.07) is 4.21. The number of oxazole rings is 1. The van der Waals surface area contributed by atoms with Crippen LogP contribution >= 0.6 is 0 Å². The maximum atomic E-state index is 12.4. The second-order valence-electron chi connectivity index (χ2n) is 3.60. The van der Waals surface area contributed by atoms with E-state index < -0.39 is 17.7 Å². The van der Waals surface area contributed by atoms with E-state index in [4.69, 9.17) is 4.42 Å². The number of carbonyl (C=O) groups is 1. The lowest BCUT2D eigenvalue weighted by molar-refractivity contribution is -0.137. The van der Waals surface area contributed by atoms with Crippen molar-refractivity contribution in [2.45, 2.75) is 6.18 Å². The number of aromatic nitrogens is 1. The Balaban J connectivity index is 2.38. The normalized spacial score (nSPS) is 11.4. The van der Waals surface area contributed by atoms with Crippen LogP contribution in [0.25, 0.3) is 11.3 Å². The number of methoxy groups -OCH3 is 1. The smallest absolute Gasteiger partial charge is 0.416 e. The molecule has 19 heavy (non-hydrogen) atoms. The van der Waals surface area contributed by atoms with Gasteiger partial charge in [-0.05, 0) is 12.1 Å². The molecule has 100 valence electrons. The van der Waals surface area contributed by atoms with Crippen molar-refractivity contribution in [1.29, 1.82) is 0 Å². The van der Waals surface area contributed by atoms with Gasteiger partial charge in [0.1, 0.15) is 0 Å². The lowest BCUT2D eigenvalue weighted by Gasteiger charge is -2.06. The molecule has 0 radical (unpaired) electrons. The third kappa shape index (κ3) is 2.59. The number of halogens is 3. The Hall–Kier alpha value is -2.31. The fraction of sp³-hybridized carbons (Fsp3) is 0.167. The molecule has 0 spiro atoms. The maximum Gasteiger partial charge on any atom is 0.416 e. The lowest BCUT2D eigenvalue weighted by atomic mass is 10.1. The average Bonchev–Trinajstić information content (AvgIpc) is 2.86. The first-order valence-electron chi connectivity index (χ1n) is 5.13. The molecule has 0 atom stereocenters. The van der Waals surface area contributed by atoms with Gasteiger partial charge in [-0.3, -0.25) is 0 Å². The summed E-state index contributed by atoms with van der Waals surface area (Å²) in [5, 5.41) is 0. The van der Waals surface area contributed by atoms with Gasteiger partial charge in [-0.25, -0.2) is 9.78 Å². The average molecular weight is 271 g/mol. The summed E-state index contributed by atoms with van der Waals surface area (Å²) in [6.07, 6.45) is -3.38. The molecule has 0 aliphatic heterocycles. The number of ether oxygens (including phenoxy) is 1. The second-order valence-corrected chi connectivity index (χ2v) is 3.60. The Bertz CT molecular complexity index is 587. The SMILES string of the molecule is COC(=O)c1ncoc1-c1ccc(C(F)(F)F)cc1. The van der Waals surface area contributed by atoms with Gasteiger partial charge in [0.25, 0.3) is 0 Å². The van der Waals surface area contributed by atoms with E-state index in [1.54, 1.807) is 0 Å². The van der Waals surface area contributed by atoms with Crippen LogP contribution in [0.4, 0.5) is 13.2 Å². The molecule has 0 unspecified atom stereocenters. The highest BCUT2D eigenvalue weighted by atomic mass is 19.4.